The molecule has 3 rings (SSSR count). The number of imide groups is 1. The highest BCUT2D eigenvalue weighted by atomic mass is 16.2. The van der Waals surface area contributed by atoms with Crippen LogP contribution in [0.15, 0.2) is 60.7 Å². The van der Waals surface area contributed by atoms with Crippen LogP contribution >= 0.6 is 0 Å². The molecular weight excluding hydrogens is 414 g/mol. The Bertz CT molecular complexity index is 948. The summed E-state index contributed by atoms with van der Waals surface area (Å²) >= 11 is 0. The van der Waals surface area contributed by atoms with E-state index in [4.69, 9.17) is 5.73 Å². The SMILES string of the molecule is CC[C@H](C)[C@H](N)C(=O)N(Cc1ccccc1)C(=O)[C@@H]1CCCN1C(C)C(=O)c1ccccc1. The topological polar surface area (TPSA) is 83.7 Å². The van der Waals surface area contributed by atoms with Crippen molar-refractivity contribution < 1.29 is 14.4 Å². The van der Waals surface area contributed by atoms with Crippen molar-refractivity contribution in [3.8, 4) is 0 Å². The molecule has 4 atom stereocenters. The Morgan fingerprint density at radius 2 is 1.64 bits per heavy atom. The van der Waals surface area contributed by atoms with Gasteiger partial charge in [-0.25, -0.2) is 0 Å². The van der Waals surface area contributed by atoms with Crippen molar-refractivity contribution in [1.82, 2.24) is 9.80 Å². The lowest BCUT2D eigenvalue weighted by molar-refractivity contribution is -0.150. The van der Waals surface area contributed by atoms with Crippen molar-refractivity contribution >= 4 is 17.6 Å². The second-order valence-electron chi connectivity index (χ2n) is 8.96. The second-order valence-corrected chi connectivity index (χ2v) is 8.96. The zero-order chi connectivity index (χ0) is 24.0. The van der Waals surface area contributed by atoms with Gasteiger partial charge < -0.3 is 5.73 Å². The van der Waals surface area contributed by atoms with Gasteiger partial charge in [0, 0.05) is 5.56 Å². The normalized spacial score (nSPS) is 19.0. The number of nitrogens with zero attached hydrogens (tertiary/aromatic N) is 2. The molecule has 2 aromatic rings. The molecule has 1 unspecified atom stereocenters. The van der Waals surface area contributed by atoms with Crippen LogP contribution in [0.25, 0.3) is 0 Å². The number of ketones is 1. The number of hydrogen-bond donors (Lipinski definition) is 1. The fraction of sp³-hybridized carbons (Fsp3) is 0.444. The van der Waals surface area contributed by atoms with Gasteiger partial charge in [0.1, 0.15) is 0 Å². The minimum Gasteiger partial charge on any atom is -0.320 e. The summed E-state index contributed by atoms with van der Waals surface area (Å²) in [4.78, 5) is 43.5. The van der Waals surface area contributed by atoms with E-state index in [1.54, 1.807) is 12.1 Å². The molecule has 0 saturated carbocycles. The van der Waals surface area contributed by atoms with Gasteiger partial charge in [-0.3, -0.25) is 24.2 Å². The summed E-state index contributed by atoms with van der Waals surface area (Å²) in [6, 6.07) is 16.9. The van der Waals surface area contributed by atoms with E-state index >= 15 is 0 Å². The summed E-state index contributed by atoms with van der Waals surface area (Å²) in [5.74, 6) is -0.686. The van der Waals surface area contributed by atoms with Crippen LogP contribution in [0.2, 0.25) is 0 Å². The van der Waals surface area contributed by atoms with E-state index in [1.165, 1.54) is 4.90 Å². The molecule has 2 N–H and O–H groups in total. The lowest BCUT2D eigenvalue weighted by atomic mass is 9.98. The molecule has 0 bridgehead atoms. The molecule has 0 aromatic heterocycles. The average Bonchev–Trinajstić information content (AvgIpc) is 3.35. The van der Waals surface area contributed by atoms with Crippen LogP contribution < -0.4 is 5.73 Å². The summed E-state index contributed by atoms with van der Waals surface area (Å²) in [5.41, 5.74) is 7.76. The highest BCUT2D eigenvalue weighted by Crippen LogP contribution is 2.25. The molecule has 6 heteroatoms. The van der Waals surface area contributed by atoms with Crippen molar-refractivity contribution in [3.05, 3.63) is 71.8 Å². The lowest BCUT2D eigenvalue weighted by Gasteiger charge is -2.34. The van der Waals surface area contributed by atoms with E-state index in [-0.39, 0.29) is 30.1 Å². The Hall–Kier alpha value is -2.83. The molecule has 176 valence electrons. The summed E-state index contributed by atoms with van der Waals surface area (Å²) in [5, 5.41) is 0. The first-order valence-electron chi connectivity index (χ1n) is 11.8. The zero-order valence-corrected chi connectivity index (χ0v) is 19.8. The predicted molar refractivity (Wildman–Crippen MR) is 129 cm³/mol. The highest BCUT2D eigenvalue weighted by molar-refractivity contribution is 6.02. The van der Waals surface area contributed by atoms with Gasteiger partial charge in [-0.15, -0.1) is 0 Å². The maximum absolute atomic E-state index is 13.8. The molecule has 1 aliphatic heterocycles. The minimum atomic E-state index is -0.749. The van der Waals surface area contributed by atoms with Crippen molar-refractivity contribution in [3.63, 3.8) is 0 Å². The molecule has 0 spiro atoms. The van der Waals surface area contributed by atoms with Crippen LogP contribution in [0.1, 0.15) is 56.0 Å². The Kier molecular flexibility index (Phi) is 8.53. The van der Waals surface area contributed by atoms with Crippen LogP contribution in [0, 0.1) is 5.92 Å². The molecule has 0 aliphatic carbocycles. The first-order chi connectivity index (χ1) is 15.8. The lowest BCUT2D eigenvalue weighted by Crippen LogP contribution is -2.55. The van der Waals surface area contributed by atoms with E-state index in [1.807, 2.05) is 74.2 Å². The van der Waals surface area contributed by atoms with Crippen LogP contribution in [0.3, 0.4) is 0 Å². The summed E-state index contributed by atoms with van der Waals surface area (Å²) < 4.78 is 0. The molecular formula is C27H35N3O3. The van der Waals surface area contributed by atoms with Gasteiger partial charge in [0.25, 0.3) is 0 Å². The van der Waals surface area contributed by atoms with Gasteiger partial charge in [0.05, 0.1) is 24.7 Å². The monoisotopic (exact) mass is 449 g/mol. The van der Waals surface area contributed by atoms with Crippen LogP contribution in [0.5, 0.6) is 0 Å². The fourth-order valence-corrected chi connectivity index (χ4v) is 4.40. The predicted octanol–water partition coefficient (Wildman–Crippen LogP) is 3.65. The molecule has 1 fully saturated rings. The number of carbonyl (C=O) groups excluding carboxylic acids is 3. The van der Waals surface area contributed by atoms with E-state index < -0.39 is 18.1 Å². The van der Waals surface area contributed by atoms with Crippen LogP contribution in [0.4, 0.5) is 0 Å². The average molecular weight is 450 g/mol. The third-order valence-corrected chi connectivity index (χ3v) is 6.77. The molecule has 6 nitrogen and oxygen atoms in total. The number of benzene rings is 2. The quantitative estimate of drug-likeness (QED) is 0.591. The van der Waals surface area contributed by atoms with Crippen LogP contribution in [-0.2, 0) is 16.1 Å². The molecule has 1 heterocycles. The molecule has 1 saturated heterocycles. The molecule has 33 heavy (non-hydrogen) atoms. The standard InChI is InChI=1S/C27H35N3O3/c1-4-19(2)24(28)27(33)30(18-21-12-7-5-8-13-21)26(32)23-16-11-17-29(23)20(3)25(31)22-14-9-6-10-15-22/h5-10,12-15,19-20,23-24H,4,11,16-18,28H2,1-3H3/t19-,20?,23-,24-/m0/s1. The fourth-order valence-electron chi connectivity index (χ4n) is 4.40. The Morgan fingerprint density at radius 1 is 1.03 bits per heavy atom. The van der Waals surface area contributed by atoms with Gasteiger partial charge in [0.15, 0.2) is 5.78 Å². The van der Waals surface area contributed by atoms with Gasteiger partial charge in [-0.2, -0.15) is 0 Å². The molecule has 2 aromatic carbocycles. The highest BCUT2D eigenvalue weighted by Gasteiger charge is 2.41. The van der Waals surface area contributed by atoms with Crippen molar-refractivity contribution in [2.24, 2.45) is 11.7 Å². The first-order valence-corrected chi connectivity index (χ1v) is 11.8. The molecule has 1 aliphatic rings. The number of Topliss-reactive ketones (excluding diaryl/α,β-unsaturated/α-hetero) is 1. The van der Waals surface area contributed by atoms with E-state index in [0.29, 0.717) is 18.5 Å². The van der Waals surface area contributed by atoms with Crippen molar-refractivity contribution in [2.75, 3.05) is 6.54 Å². The number of hydrogen-bond acceptors (Lipinski definition) is 5. The second kappa shape index (κ2) is 11.3. The number of likely N-dealkylation sites (tertiary alicyclic amines) is 1. The Balaban J connectivity index is 1.85. The molecule has 2 amide bonds. The summed E-state index contributed by atoms with van der Waals surface area (Å²) in [7, 11) is 0. The van der Waals surface area contributed by atoms with Gasteiger partial charge in [-0.1, -0.05) is 80.9 Å². The van der Waals surface area contributed by atoms with E-state index in [2.05, 4.69) is 0 Å². The van der Waals surface area contributed by atoms with Gasteiger partial charge in [0.2, 0.25) is 11.8 Å². The summed E-state index contributed by atoms with van der Waals surface area (Å²) in [6.45, 7) is 6.57. The van der Waals surface area contributed by atoms with E-state index in [0.717, 1.165) is 18.4 Å². The van der Waals surface area contributed by atoms with Crippen molar-refractivity contribution in [1.29, 1.82) is 0 Å². The zero-order valence-electron chi connectivity index (χ0n) is 19.8. The minimum absolute atomic E-state index is 0.0208. The van der Waals surface area contributed by atoms with Crippen LogP contribution in [-0.4, -0.2) is 52.1 Å². The number of amides is 2. The van der Waals surface area contributed by atoms with Gasteiger partial charge >= 0.3 is 0 Å². The Labute approximate surface area is 196 Å². The third-order valence-electron chi connectivity index (χ3n) is 6.77. The first kappa shape index (κ1) is 24.8. The van der Waals surface area contributed by atoms with E-state index in [9.17, 15) is 14.4 Å². The van der Waals surface area contributed by atoms with Crippen molar-refractivity contribution in [2.45, 2.75) is 64.7 Å². The summed E-state index contributed by atoms with van der Waals surface area (Å²) in [6.07, 6.45) is 2.16. The third kappa shape index (κ3) is 5.75. The number of nitrogens with two attached hydrogens (primary N) is 1. The maximum atomic E-state index is 13.8. The largest absolute Gasteiger partial charge is 0.320 e. The van der Waals surface area contributed by atoms with Gasteiger partial charge in [-0.05, 0) is 37.8 Å². The Morgan fingerprint density at radius 3 is 2.24 bits per heavy atom. The number of rotatable bonds is 9. The molecule has 0 radical (unpaired) electrons. The number of carbonyl (C=O) groups is 3. The smallest absolute Gasteiger partial charge is 0.246 e. The maximum Gasteiger partial charge on any atom is 0.246 e.